The summed E-state index contributed by atoms with van der Waals surface area (Å²) in [6.45, 7) is 6.64. The minimum atomic E-state index is -0.315. The first-order valence-electron chi connectivity index (χ1n) is 8.54. The molecule has 1 aliphatic rings. The third-order valence-electron chi connectivity index (χ3n) is 4.67. The number of likely N-dealkylation sites (tertiary alicyclic amines) is 1. The maximum absolute atomic E-state index is 12.5. The van der Waals surface area contributed by atoms with Gasteiger partial charge in [-0.2, -0.15) is 0 Å². The van der Waals surface area contributed by atoms with Crippen molar-refractivity contribution in [3.05, 3.63) is 52.5 Å². The highest BCUT2D eigenvalue weighted by Gasteiger charge is 2.25. The molecule has 3 heterocycles. The van der Waals surface area contributed by atoms with Gasteiger partial charge in [-0.1, -0.05) is 13.8 Å². The third-order valence-corrected chi connectivity index (χ3v) is 4.67. The number of hydrogen-bond acceptors (Lipinski definition) is 3. The number of nitrogens with zero attached hydrogens (tertiary/aromatic N) is 3. The van der Waals surface area contributed by atoms with E-state index in [0.717, 1.165) is 25.2 Å². The lowest BCUT2D eigenvalue weighted by molar-refractivity contribution is 0.0680. The van der Waals surface area contributed by atoms with Gasteiger partial charge in [0.1, 0.15) is 11.4 Å². The van der Waals surface area contributed by atoms with Gasteiger partial charge in [0.25, 0.3) is 11.5 Å². The highest BCUT2D eigenvalue weighted by atomic mass is 16.2. The number of nitrogens with one attached hydrogen (secondary N) is 1. The van der Waals surface area contributed by atoms with Crippen molar-refractivity contribution in [1.82, 2.24) is 19.4 Å². The van der Waals surface area contributed by atoms with Gasteiger partial charge in [0.15, 0.2) is 0 Å². The summed E-state index contributed by atoms with van der Waals surface area (Å²) in [6.07, 6.45) is 7.34. The minimum absolute atomic E-state index is 0.166. The van der Waals surface area contributed by atoms with E-state index in [9.17, 15) is 9.59 Å². The van der Waals surface area contributed by atoms with Gasteiger partial charge in [-0.15, -0.1) is 0 Å². The van der Waals surface area contributed by atoms with Crippen LogP contribution in [0.25, 0.3) is 0 Å². The molecule has 2 aromatic rings. The largest absolute Gasteiger partial charge is 0.338 e. The molecular formula is C18H24N4O2. The van der Waals surface area contributed by atoms with Gasteiger partial charge in [0.05, 0.1) is 0 Å². The Labute approximate surface area is 141 Å². The zero-order chi connectivity index (χ0) is 17.1. The SMILES string of the molecule is CC(C)c1nccn1CC1CCN(C(=O)c2ccc[nH]c2=O)CC1. The second kappa shape index (κ2) is 7.03. The summed E-state index contributed by atoms with van der Waals surface area (Å²) < 4.78 is 2.23. The van der Waals surface area contributed by atoms with Crippen LogP contribution < -0.4 is 5.56 Å². The normalized spacial score (nSPS) is 15.9. The van der Waals surface area contributed by atoms with E-state index in [0.29, 0.717) is 24.9 Å². The molecule has 0 radical (unpaired) electrons. The zero-order valence-electron chi connectivity index (χ0n) is 14.2. The van der Waals surface area contributed by atoms with E-state index >= 15 is 0 Å². The molecule has 0 aliphatic carbocycles. The Kier molecular flexibility index (Phi) is 4.83. The van der Waals surface area contributed by atoms with E-state index in [-0.39, 0.29) is 17.0 Å². The Bertz CT molecular complexity index is 754. The van der Waals surface area contributed by atoms with Crippen LogP contribution in [0.2, 0.25) is 0 Å². The first kappa shape index (κ1) is 16.5. The Morgan fingerprint density at radius 3 is 2.79 bits per heavy atom. The first-order chi connectivity index (χ1) is 11.6. The number of carbonyl (C=O) groups is 1. The molecule has 1 fully saturated rings. The molecule has 0 spiro atoms. The lowest BCUT2D eigenvalue weighted by atomic mass is 9.96. The van der Waals surface area contributed by atoms with Gasteiger partial charge in [0.2, 0.25) is 0 Å². The monoisotopic (exact) mass is 328 g/mol. The fourth-order valence-corrected chi connectivity index (χ4v) is 3.33. The molecule has 1 saturated heterocycles. The van der Waals surface area contributed by atoms with Crippen molar-refractivity contribution in [2.24, 2.45) is 5.92 Å². The quantitative estimate of drug-likeness (QED) is 0.936. The molecule has 0 saturated carbocycles. The van der Waals surface area contributed by atoms with E-state index in [2.05, 4.69) is 28.4 Å². The Hall–Kier alpha value is -2.37. The van der Waals surface area contributed by atoms with E-state index in [1.54, 1.807) is 23.2 Å². The van der Waals surface area contributed by atoms with E-state index in [4.69, 9.17) is 0 Å². The number of pyridine rings is 1. The van der Waals surface area contributed by atoms with Gasteiger partial charge in [-0.25, -0.2) is 4.98 Å². The third kappa shape index (κ3) is 3.42. The molecule has 6 nitrogen and oxygen atoms in total. The van der Waals surface area contributed by atoms with Crippen molar-refractivity contribution in [3.8, 4) is 0 Å². The summed E-state index contributed by atoms with van der Waals surface area (Å²) in [5, 5.41) is 0. The number of aromatic amines is 1. The number of amides is 1. The summed E-state index contributed by atoms with van der Waals surface area (Å²) in [4.78, 5) is 33.0. The molecule has 0 bridgehead atoms. The van der Waals surface area contributed by atoms with Crippen LogP contribution in [0.15, 0.2) is 35.5 Å². The van der Waals surface area contributed by atoms with Gasteiger partial charge in [-0.3, -0.25) is 9.59 Å². The number of H-pyrrole nitrogens is 1. The van der Waals surface area contributed by atoms with E-state index in [1.807, 2.05) is 12.4 Å². The van der Waals surface area contributed by atoms with Gasteiger partial charge >= 0.3 is 0 Å². The molecule has 2 aromatic heterocycles. The Morgan fingerprint density at radius 1 is 1.38 bits per heavy atom. The maximum atomic E-state index is 12.5. The van der Waals surface area contributed by atoms with Gasteiger partial charge in [0, 0.05) is 44.1 Å². The van der Waals surface area contributed by atoms with Crippen LogP contribution in [-0.4, -0.2) is 38.4 Å². The molecule has 0 atom stereocenters. The second-order valence-corrected chi connectivity index (χ2v) is 6.74. The van der Waals surface area contributed by atoms with E-state index in [1.165, 1.54) is 0 Å². The van der Waals surface area contributed by atoms with Crippen molar-refractivity contribution < 1.29 is 4.79 Å². The highest BCUT2D eigenvalue weighted by Crippen LogP contribution is 2.22. The average molecular weight is 328 g/mol. The van der Waals surface area contributed by atoms with Crippen LogP contribution in [0.5, 0.6) is 0 Å². The topological polar surface area (TPSA) is 71.0 Å². The summed E-state index contributed by atoms with van der Waals surface area (Å²) in [6, 6.07) is 3.28. The van der Waals surface area contributed by atoms with E-state index < -0.39 is 0 Å². The molecule has 0 unspecified atom stereocenters. The van der Waals surface area contributed by atoms with Gasteiger partial charge < -0.3 is 14.5 Å². The summed E-state index contributed by atoms with van der Waals surface area (Å²) >= 11 is 0. The molecule has 1 amide bonds. The predicted octanol–water partition coefficient (Wildman–Crippen LogP) is 2.25. The molecule has 6 heteroatoms. The van der Waals surface area contributed by atoms with Crippen molar-refractivity contribution in [3.63, 3.8) is 0 Å². The van der Waals surface area contributed by atoms with Crippen molar-refractivity contribution in [1.29, 1.82) is 0 Å². The predicted molar refractivity (Wildman–Crippen MR) is 92.0 cm³/mol. The number of hydrogen-bond donors (Lipinski definition) is 1. The molecule has 24 heavy (non-hydrogen) atoms. The van der Waals surface area contributed by atoms with Gasteiger partial charge in [-0.05, 0) is 30.9 Å². The van der Waals surface area contributed by atoms with Crippen LogP contribution in [0.4, 0.5) is 0 Å². The van der Waals surface area contributed by atoms with Crippen LogP contribution in [0.1, 0.15) is 48.8 Å². The number of aromatic nitrogens is 3. The van der Waals surface area contributed by atoms with Crippen molar-refractivity contribution in [2.45, 2.75) is 39.2 Å². The zero-order valence-corrected chi connectivity index (χ0v) is 14.2. The second-order valence-electron chi connectivity index (χ2n) is 6.74. The molecule has 128 valence electrons. The van der Waals surface area contributed by atoms with Crippen LogP contribution >= 0.6 is 0 Å². The molecule has 1 N–H and O–H groups in total. The molecular weight excluding hydrogens is 304 g/mol. The van der Waals surface area contributed by atoms with Crippen molar-refractivity contribution in [2.75, 3.05) is 13.1 Å². The summed E-state index contributed by atoms with van der Waals surface area (Å²) in [5.74, 6) is 1.89. The Balaban J connectivity index is 1.60. The Morgan fingerprint density at radius 2 is 2.12 bits per heavy atom. The maximum Gasteiger partial charge on any atom is 0.260 e. The smallest absolute Gasteiger partial charge is 0.260 e. The summed E-state index contributed by atoms with van der Waals surface area (Å²) in [5.41, 5.74) is -0.0859. The highest BCUT2D eigenvalue weighted by molar-refractivity contribution is 5.93. The fourth-order valence-electron chi connectivity index (χ4n) is 3.33. The van der Waals surface area contributed by atoms with Crippen LogP contribution in [0, 0.1) is 5.92 Å². The fraction of sp³-hybridized carbons (Fsp3) is 0.500. The summed E-state index contributed by atoms with van der Waals surface area (Å²) in [7, 11) is 0. The molecule has 0 aromatic carbocycles. The first-order valence-corrected chi connectivity index (χ1v) is 8.54. The van der Waals surface area contributed by atoms with Crippen LogP contribution in [-0.2, 0) is 6.54 Å². The van der Waals surface area contributed by atoms with Crippen molar-refractivity contribution >= 4 is 5.91 Å². The average Bonchev–Trinajstić information content (AvgIpc) is 3.04. The number of carbonyl (C=O) groups excluding carboxylic acids is 1. The number of rotatable bonds is 4. The lowest BCUT2D eigenvalue weighted by Gasteiger charge is -2.32. The standard InChI is InChI=1S/C18H24N4O2/c1-13(2)16-19-8-11-22(16)12-14-5-9-21(10-6-14)18(24)15-4-3-7-20-17(15)23/h3-4,7-8,11,13-14H,5-6,9-10,12H2,1-2H3,(H,20,23). The minimum Gasteiger partial charge on any atom is -0.338 e. The molecule has 1 aliphatic heterocycles. The molecule has 3 rings (SSSR count). The number of imidazole rings is 1. The number of piperidine rings is 1. The lowest BCUT2D eigenvalue weighted by Crippen LogP contribution is -2.41. The van der Waals surface area contributed by atoms with Crippen LogP contribution in [0.3, 0.4) is 0 Å².